The average Bonchev–Trinajstić information content (AvgIpc) is 3.61. The molecule has 0 aliphatic heterocycles. The van der Waals surface area contributed by atoms with E-state index in [1.54, 1.807) is 16.2 Å². The zero-order chi connectivity index (χ0) is 31.5. The summed E-state index contributed by atoms with van der Waals surface area (Å²) in [6.45, 7) is 5.84. The molecule has 11 heteroatoms. The average molecular weight is 642 g/mol. The van der Waals surface area contributed by atoms with Crippen LogP contribution in [-0.4, -0.2) is 59.8 Å². The molecule has 2 heterocycles. The molecule has 1 saturated carbocycles. The zero-order valence-electron chi connectivity index (χ0n) is 25.7. The fourth-order valence-corrected chi connectivity index (χ4v) is 6.77. The van der Waals surface area contributed by atoms with Gasteiger partial charge in [-0.1, -0.05) is 25.0 Å². The number of nitrogens with zero attached hydrogens (tertiary/aromatic N) is 2. The first-order chi connectivity index (χ1) is 21.3. The maximum atomic E-state index is 13.5. The highest BCUT2D eigenvalue weighted by atomic mass is 35.5. The van der Waals surface area contributed by atoms with Gasteiger partial charge in [-0.15, -0.1) is 22.9 Å². The number of hydrogen-bond donors (Lipinski definition) is 3. The van der Waals surface area contributed by atoms with Crippen molar-refractivity contribution in [3.63, 3.8) is 0 Å². The molecule has 4 rings (SSSR count). The maximum absolute atomic E-state index is 13.5. The topological polar surface area (TPSA) is 113 Å². The summed E-state index contributed by atoms with van der Waals surface area (Å²) in [7, 11) is 0. The SMILES string of the molecule is CCN(C(=O)Cn1c(C(=O)N[C@H]2CC[C@H](C(=O)NCCCCCCNC(=O)CCl)CC2)cc2sccc21)c1cccc(C)c1. The minimum absolute atomic E-state index is 0.0111. The fourth-order valence-electron chi connectivity index (χ4n) is 5.85. The van der Waals surface area contributed by atoms with Crippen molar-refractivity contribution in [2.75, 3.05) is 30.4 Å². The monoisotopic (exact) mass is 641 g/mol. The van der Waals surface area contributed by atoms with Gasteiger partial charge in [-0.3, -0.25) is 19.2 Å². The molecule has 238 valence electrons. The first kappa shape index (κ1) is 33.5. The van der Waals surface area contributed by atoms with Crippen molar-refractivity contribution in [3.8, 4) is 0 Å². The van der Waals surface area contributed by atoms with Crippen molar-refractivity contribution in [3.05, 3.63) is 53.0 Å². The smallest absolute Gasteiger partial charge is 0.268 e. The third-order valence-electron chi connectivity index (χ3n) is 8.26. The molecular weight excluding hydrogens is 598 g/mol. The predicted octanol–water partition coefficient (Wildman–Crippen LogP) is 5.38. The van der Waals surface area contributed by atoms with E-state index in [4.69, 9.17) is 11.6 Å². The van der Waals surface area contributed by atoms with Crippen LogP contribution in [0.4, 0.5) is 5.69 Å². The Bertz CT molecular complexity index is 1430. The van der Waals surface area contributed by atoms with Gasteiger partial charge >= 0.3 is 0 Å². The number of unbranched alkanes of at least 4 members (excludes halogenated alkanes) is 3. The van der Waals surface area contributed by atoms with Crippen molar-refractivity contribution in [2.24, 2.45) is 5.92 Å². The summed E-state index contributed by atoms with van der Waals surface area (Å²) in [4.78, 5) is 52.6. The van der Waals surface area contributed by atoms with Crippen LogP contribution in [0.15, 0.2) is 41.8 Å². The minimum Gasteiger partial charge on any atom is -0.356 e. The number of carbonyl (C=O) groups is 4. The lowest BCUT2D eigenvalue weighted by molar-refractivity contribution is -0.126. The van der Waals surface area contributed by atoms with Gasteiger partial charge < -0.3 is 25.4 Å². The van der Waals surface area contributed by atoms with Crippen LogP contribution in [0.5, 0.6) is 0 Å². The number of aryl methyl sites for hydroxylation is 1. The summed E-state index contributed by atoms with van der Waals surface area (Å²) in [6, 6.07) is 11.7. The van der Waals surface area contributed by atoms with Gasteiger partial charge in [0.15, 0.2) is 0 Å². The van der Waals surface area contributed by atoms with Crippen molar-refractivity contribution in [1.29, 1.82) is 0 Å². The van der Waals surface area contributed by atoms with E-state index in [2.05, 4.69) is 16.0 Å². The number of thiophene rings is 1. The maximum Gasteiger partial charge on any atom is 0.268 e. The quantitative estimate of drug-likeness (QED) is 0.153. The van der Waals surface area contributed by atoms with Gasteiger partial charge in [0.25, 0.3) is 5.91 Å². The van der Waals surface area contributed by atoms with E-state index >= 15 is 0 Å². The number of alkyl halides is 1. The van der Waals surface area contributed by atoms with Gasteiger partial charge in [-0.05, 0) is 87.6 Å². The molecule has 0 unspecified atom stereocenters. The Morgan fingerprint density at radius 3 is 2.39 bits per heavy atom. The highest BCUT2D eigenvalue weighted by Crippen LogP contribution is 2.28. The summed E-state index contributed by atoms with van der Waals surface area (Å²) in [6.07, 6.45) is 6.72. The number of carbonyl (C=O) groups excluding carboxylic acids is 4. The number of anilines is 1. The van der Waals surface area contributed by atoms with Gasteiger partial charge in [0.1, 0.15) is 18.1 Å². The number of amides is 4. The Morgan fingerprint density at radius 1 is 0.977 bits per heavy atom. The second-order valence-corrected chi connectivity index (χ2v) is 12.7. The summed E-state index contributed by atoms with van der Waals surface area (Å²) < 4.78 is 2.80. The van der Waals surface area contributed by atoms with Crippen molar-refractivity contribution >= 4 is 62.5 Å². The van der Waals surface area contributed by atoms with E-state index in [1.165, 1.54) is 0 Å². The third kappa shape index (κ3) is 9.08. The van der Waals surface area contributed by atoms with E-state index < -0.39 is 0 Å². The summed E-state index contributed by atoms with van der Waals surface area (Å²) >= 11 is 7.02. The van der Waals surface area contributed by atoms with E-state index in [9.17, 15) is 19.2 Å². The van der Waals surface area contributed by atoms with Gasteiger partial charge in [0.2, 0.25) is 17.7 Å². The standard InChI is InChI=1S/C33H44ClN5O4S/c1-3-38(26-10-8-9-23(2)19-26)31(41)22-39-27-15-18-44-29(27)20-28(39)33(43)37-25-13-11-24(12-14-25)32(42)36-17-7-5-4-6-16-35-30(40)21-34/h8-10,15,18-20,24-25H,3-7,11-14,16-17,21-22H2,1-2H3,(H,35,40)(H,36,42)(H,37,43)/t24-,25-. The number of benzene rings is 1. The molecule has 0 spiro atoms. The molecule has 0 bridgehead atoms. The molecule has 0 atom stereocenters. The van der Waals surface area contributed by atoms with Crippen LogP contribution < -0.4 is 20.9 Å². The fraction of sp³-hybridized carbons (Fsp3) is 0.515. The normalized spacial score (nSPS) is 16.4. The molecule has 2 aromatic heterocycles. The molecular formula is C33H44ClN5O4S. The van der Waals surface area contributed by atoms with Crippen molar-refractivity contribution in [1.82, 2.24) is 20.5 Å². The van der Waals surface area contributed by atoms with Gasteiger partial charge in [0, 0.05) is 37.3 Å². The van der Waals surface area contributed by atoms with Gasteiger partial charge in [0.05, 0.1) is 10.2 Å². The zero-order valence-corrected chi connectivity index (χ0v) is 27.3. The Morgan fingerprint density at radius 2 is 1.70 bits per heavy atom. The molecule has 4 amide bonds. The number of nitrogens with one attached hydrogen (secondary N) is 3. The van der Waals surface area contributed by atoms with E-state index in [1.807, 2.05) is 60.2 Å². The van der Waals surface area contributed by atoms with Gasteiger partial charge in [-0.2, -0.15) is 0 Å². The number of likely N-dealkylation sites (N-methyl/N-ethyl adjacent to an activating group) is 1. The van der Waals surface area contributed by atoms with E-state index in [-0.39, 0.29) is 48.0 Å². The second-order valence-electron chi connectivity index (χ2n) is 11.5. The highest BCUT2D eigenvalue weighted by Gasteiger charge is 2.28. The number of fused-ring (bicyclic) bond motifs is 1. The summed E-state index contributed by atoms with van der Waals surface area (Å²) in [5.74, 6) is -0.364. The molecule has 1 aliphatic carbocycles. The summed E-state index contributed by atoms with van der Waals surface area (Å²) in [5.41, 5.74) is 3.30. The van der Waals surface area contributed by atoms with Crippen molar-refractivity contribution < 1.29 is 19.2 Å². The molecule has 1 aliphatic rings. The van der Waals surface area contributed by atoms with Crippen LogP contribution in [0.1, 0.15) is 74.3 Å². The van der Waals surface area contributed by atoms with E-state index in [0.717, 1.165) is 72.8 Å². The van der Waals surface area contributed by atoms with Crippen LogP contribution in [0.25, 0.3) is 10.2 Å². The Labute approximate surface area is 268 Å². The third-order valence-corrected chi connectivity index (χ3v) is 9.35. The number of halogens is 1. The van der Waals surface area contributed by atoms with E-state index in [0.29, 0.717) is 25.3 Å². The lowest BCUT2D eigenvalue weighted by Gasteiger charge is -2.28. The lowest BCUT2D eigenvalue weighted by Crippen LogP contribution is -2.42. The number of aromatic nitrogens is 1. The first-order valence-corrected chi connectivity index (χ1v) is 17.1. The van der Waals surface area contributed by atoms with Crippen LogP contribution in [0.3, 0.4) is 0 Å². The second kappa shape index (κ2) is 16.6. The Balaban J connectivity index is 1.25. The molecule has 1 fully saturated rings. The Hall–Kier alpha value is -3.37. The van der Waals surface area contributed by atoms with Crippen LogP contribution >= 0.6 is 22.9 Å². The van der Waals surface area contributed by atoms with Crippen molar-refractivity contribution in [2.45, 2.75) is 77.8 Å². The molecule has 3 aromatic rings. The summed E-state index contributed by atoms with van der Waals surface area (Å²) in [5, 5.41) is 11.0. The Kier molecular flexibility index (Phi) is 12.7. The largest absolute Gasteiger partial charge is 0.356 e. The lowest BCUT2D eigenvalue weighted by atomic mass is 9.85. The van der Waals surface area contributed by atoms with Crippen LogP contribution in [0.2, 0.25) is 0 Å². The first-order valence-electron chi connectivity index (χ1n) is 15.7. The molecule has 3 N–H and O–H groups in total. The van der Waals surface area contributed by atoms with Crippen LogP contribution in [-0.2, 0) is 20.9 Å². The van der Waals surface area contributed by atoms with Gasteiger partial charge in [-0.25, -0.2) is 0 Å². The molecule has 0 saturated heterocycles. The molecule has 9 nitrogen and oxygen atoms in total. The molecule has 0 radical (unpaired) electrons. The molecule has 44 heavy (non-hydrogen) atoms. The van der Waals surface area contributed by atoms with Crippen LogP contribution in [0, 0.1) is 12.8 Å². The predicted molar refractivity (Wildman–Crippen MR) is 177 cm³/mol. The number of hydrogen-bond acceptors (Lipinski definition) is 5. The molecule has 1 aromatic carbocycles. The highest BCUT2D eigenvalue weighted by molar-refractivity contribution is 7.17. The number of rotatable bonds is 15. The minimum atomic E-state index is -0.185.